The molecule has 2 N–H and O–H groups in total. The molecule has 130 valence electrons. The van der Waals surface area contributed by atoms with Crippen LogP contribution in [-0.4, -0.2) is 27.1 Å². The summed E-state index contributed by atoms with van der Waals surface area (Å²) in [6.45, 7) is 7.63. The predicted octanol–water partition coefficient (Wildman–Crippen LogP) is 4.50. The van der Waals surface area contributed by atoms with Crippen LogP contribution in [0.25, 0.3) is 21.3 Å². The van der Waals surface area contributed by atoms with Crippen LogP contribution in [0.1, 0.15) is 25.2 Å². The van der Waals surface area contributed by atoms with Gasteiger partial charge in [0.15, 0.2) is 0 Å². The lowest BCUT2D eigenvalue weighted by molar-refractivity contribution is -0.138. The van der Waals surface area contributed by atoms with Crippen LogP contribution in [0.15, 0.2) is 29.6 Å². The van der Waals surface area contributed by atoms with Crippen molar-refractivity contribution in [2.24, 2.45) is 5.92 Å². The Hall–Kier alpha value is -2.47. The zero-order chi connectivity index (χ0) is 18.1. The molecule has 0 saturated heterocycles. The Kier molecular flexibility index (Phi) is 4.72. The van der Waals surface area contributed by atoms with Crippen LogP contribution in [0.4, 0.5) is 5.82 Å². The minimum absolute atomic E-state index is 0.0655. The fourth-order valence-corrected chi connectivity index (χ4v) is 3.75. The van der Waals surface area contributed by atoms with E-state index < -0.39 is 12.0 Å². The van der Waals surface area contributed by atoms with Crippen molar-refractivity contribution in [3.63, 3.8) is 0 Å². The summed E-state index contributed by atoms with van der Waals surface area (Å²) in [5, 5.41) is 15.6. The van der Waals surface area contributed by atoms with Gasteiger partial charge in [0.05, 0.1) is 5.39 Å². The largest absolute Gasteiger partial charge is 0.480 e. The third kappa shape index (κ3) is 3.49. The van der Waals surface area contributed by atoms with E-state index in [9.17, 15) is 9.90 Å². The van der Waals surface area contributed by atoms with E-state index in [0.717, 1.165) is 21.3 Å². The number of carboxylic acids is 1. The smallest absolute Gasteiger partial charge is 0.326 e. The third-order valence-electron chi connectivity index (χ3n) is 4.13. The molecule has 1 atom stereocenters. The van der Waals surface area contributed by atoms with Crippen molar-refractivity contribution in [1.82, 2.24) is 9.97 Å². The van der Waals surface area contributed by atoms with Crippen LogP contribution in [0.5, 0.6) is 0 Å². The molecule has 0 bridgehead atoms. The highest BCUT2D eigenvalue weighted by molar-refractivity contribution is 7.17. The van der Waals surface area contributed by atoms with Gasteiger partial charge in [0.2, 0.25) is 0 Å². The van der Waals surface area contributed by atoms with Gasteiger partial charge in [-0.15, -0.1) is 11.3 Å². The van der Waals surface area contributed by atoms with Crippen molar-refractivity contribution in [2.45, 2.75) is 33.7 Å². The van der Waals surface area contributed by atoms with E-state index in [1.165, 1.54) is 5.56 Å². The second-order valence-electron chi connectivity index (χ2n) is 6.52. The molecule has 25 heavy (non-hydrogen) atoms. The standard InChI is InChI=1S/C19H21N3O2S/c1-10(2)16(19(23)24)22-17-15-14(13-7-5-11(3)6-8-13)9-25-18(15)21-12(4)20-17/h5-10,16H,1-4H3,(H,23,24)(H,20,21,22). The number of benzene rings is 1. The van der Waals surface area contributed by atoms with Gasteiger partial charge in [-0.05, 0) is 25.3 Å². The molecule has 1 aromatic carbocycles. The lowest BCUT2D eigenvalue weighted by Crippen LogP contribution is -2.34. The summed E-state index contributed by atoms with van der Waals surface area (Å²) in [7, 11) is 0. The number of aliphatic carboxylic acids is 1. The number of nitrogens with one attached hydrogen (secondary N) is 1. The molecular formula is C19H21N3O2S. The average molecular weight is 355 g/mol. The number of anilines is 1. The molecule has 0 radical (unpaired) electrons. The average Bonchev–Trinajstić information content (AvgIpc) is 2.96. The molecule has 6 heteroatoms. The highest BCUT2D eigenvalue weighted by Gasteiger charge is 2.24. The van der Waals surface area contributed by atoms with Crippen molar-refractivity contribution in [1.29, 1.82) is 0 Å². The summed E-state index contributed by atoms with van der Waals surface area (Å²) < 4.78 is 0. The molecule has 1 unspecified atom stereocenters. The lowest BCUT2D eigenvalue weighted by atomic mass is 10.0. The van der Waals surface area contributed by atoms with Crippen LogP contribution in [0, 0.1) is 19.8 Å². The topological polar surface area (TPSA) is 75.1 Å². The van der Waals surface area contributed by atoms with Crippen LogP contribution >= 0.6 is 11.3 Å². The number of aromatic nitrogens is 2. The zero-order valence-corrected chi connectivity index (χ0v) is 15.5. The molecule has 5 nitrogen and oxygen atoms in total. The number of rotatable bonds is 5. The highest BCUT2D eigenvalue weighted by Crippen LogP contribution is 2.37. The second kappa shape index (κ2) is 6.80. The van der Waals surface area contributed by atoms with Gasteiger partial charge in [-0.25, -0.2) is 14.8 Å². The van der Waals surface area contributed by atoms with E-state index in [1.54, 1.807) is 11.3 Å². The van der Waals surface area contributed by atoms with E-state index in [2.05, 4.69) is 51.9 Å². The van der Waals surface area contributed by atoms with Gasteiger partial charge in [-0.3, -0.25) is 0 Å². The molecule has 2 heterocycles. The van der Waals surface area contributed by atoms with E-state index in [4.69, 9.17) is 0 Å². The minimum atomic E-state index is -0.883. The Morgan fingerprint density at radius 2 is 1.84 bits per heavy atom. The second-order valence-corrected chi connectivity index (χ2v) is 7.38. The Labute approximate surface area is 150 Å². The van der Waals surface area contributed by atoms with Gasteiger partial charge in [0.25, 0.3) is 0 Å². The molecule has 0 aliphatic heterocycles. The quantitative estimate of drug-likeness (QED) is 0.705. The number of carbonyl (C=O) groups is 1. The molecule has 0 spiro atoms. The Morgan fingerprint density at radius 1 is 1.16 bits per heavy atom. The van der Waals surface area contributed by atoms with Crippen molar-refractivity contribution >= 4 is 33.3 Å². The number of fused-ring (bicyclic) bond motifs is 1. The van der Waals surface area contributed by atoms with Crippen LogP contribution in [-0.2, 0) is 4.79 Å². The molecule has 3 aromatic rings. The first-order valence-corrected chi connectivity index (χ1v) is 9.07. The number of carboxylic acid groups (broad SMARTS) is 1. The summed E-state index contributed by atoms with van der Waals surface area (Å²) in [6, 6.07) is 7.56. The van der Waals surface area contributed by atoms with Gasteiger partial charge in [-0.2, -0.15) is 0 Å². The van der Waals surface area contributed by atoms with Crippen molar-refractivity contribution < 1.29 is 9.90 Å². The van der Waals surface area contributed by atoms with Crippen LogP contribution < -0.4 is 5.32 Å². The number of nitrogens with zero attached hydrogens (tertiary/aromatic N) is 2. The Morgan fingerprint density at radius 3 is 2.44 bits per heavy atom. The summed E-state index contributed by atoms with van der Waals surface area (Å²) in [6.07, 6.45) is 0. The molecule has 0 aliphatic rings. The first-order valence-electron chi connectivity index (χ1n) is 8.19. The monoisotopic (exact) mass is 355 g/mol. The van der Waals surface area contributed by atoms with Crippen LogP contribution in [0.3, 0.4) is 0 Å². The van der Waals surface area contributed by atoms with Gasteiger partial charge >= 0.3 is 5.97 Å². The SMILES string of the molecule is Cc1ccc(-c2csc3nc(C)nc(NC(C(=O)O)C(C)C)c23)cc1. The Bertz CT molecular complexity index is 916. The van der Waals surface area contributed by atoms with Gasteiger partial charge in [-0.1, -0.05) is 43.7 Å². The van der Waals surface area contributed by atoms with Gasteiger partial charge < -0.3 is 10.4 Å². The number of aryl methyl sites for hydroxylation is 2. The first-order chi connectivity index (χ1) is 11.9. The molecule has 0 amide bonds. The van der Waals surface area contributed by atoms with Gasteiger partial charge in [0.1, 0.15) is 22.5 Å². The van der Waals surface area contributed by atoms with Crippen molar-refractivity contribution in [3.8, 4) is 11.1 Å². The minimum Gasteiger partial charge on any atom is -0.480 e. The van der Waals surface area contributed by atoms with E-state index in [0.29, 0.717) is 11.6 Å². The summed E-state index contributed by atoms with van der Waals surface area (Å²) in [5.41, 5.74) is 3.29. The highest BCUT2D eigenvalue weighted by atomic mass is 32.1. The van der Waals surface area contributed by atoms with E-state index in [-0.39, 0.29) is 5.92 Å². The van der Waals surface area contributed by atoms with E-state index in [1.807, 2.05) is 20.8 Å². The molecule has 3 rings (SSSR count). The third-order valence-corrected chi connectivity index (χ3v) is 5.01. The molecule has 0 saturated carbocycles. The molecule has 0 aliphatic carbocycles. The summed E-state index contributed by atoms with van der Waals surface area (Å²) in [5.74, 6) is 0.261. The zero-order valence-electron chi connectivity index (χ0n) is 14.7. The molecular weight excluding hydrogens is 334 g/mol. The predicted molar refractivity (Wildman–Crippen MR) is 102 cm³/mol. The number of thiophene rings is 1. The van der Waals surface area contributed by atoms with E-state index >= 15 is 0 Å². The maximum absolute atomic E-state index is 11.6. The molecule has 0 fully saturated rings. The normalized spacial score (nSPS) is 12.5. The van der Waals surface area contributed by atoms with Crippen molar-refractivity contribution in [2.75, 3.05) is 5.32 Å². The van der Waals surface area contributed by atoms with Crippen LogP contribution in [0.2, 0.25) is 0 Å². The summed E-state index contributed by atoms with van der Waals surface area (Å²) in [4.78, 5) is 21.5. The fraction of sp³-hybridized carbons (Fsp3) is 0.316. The number of hydrogen-bond acceptors (Lipinski definition) is 5. The first kappa shape index (κ1) is 17.4. The fourth-order valence-electron chi connectivity index (χ4n) is 2.76. The van der Waals surface area contributed by atoms with Gasteiger partial charge in [0, 0.05) is 10.9 Å². The summed E-state index contributed by atoms with van der Waals surface area (Å²) >= 11 is 1.55. The maximum Gasteiger partial charge on any atom is 0.326 e. The molecule has 2 aromatic heterocycles. The Balaban J connectivity index is 2.15. The number of hydrogen-bond donors (Lipinski definition) is 2. The van der Waals surface area contributed by atoms with Crippen molar-refractivity contribution in [3.05, 3.63) is 41.0 Å². The maximum atomic E-state index is 11.6. The lowest BCUT2D eigenvalue weighted by Gasteiger charge is -2.19.